The molecule has 2 rings (SSSR count). The Hall–Kier alpha value is -2.01. The number of hydrogen-bond donors (Lipinski definition) is 1. The van der Waals surface area contributed by atoms with E-state index in [0.29, 0.717) is 5.01 Å². The number of carboxylic acids is 1. The molecule has 0 aromatic carbocycles. The molecule has 2 aromatic heterocycles. The number of rotatable bonds is 3. The van der Waals surface area contributed by atoms with Gasteiger partial charge in [-0.15, -0.1) is 11.3 Å². The molecule has 1 N–H and O–H groups in total. The van der Waals surface area contributed by atoms with Gasteiger partial charge in [0.1, 0.15) is 5.01 Å². The lowest BCUT2D eigenvalue weighted by Crippen LogP contribution is -1.84. The Morgan fingerprint density at radius 2 is 2.31 bits per heavy atom. The van der Waals surface area contributed by atoms with Gasteiger partial charge in [0.05, 0.1) is 4.88 Å². The molecule has 0 saturated carbocycles. The molecule has 0 aliphatic carbocycles. The lowest BCUT2D eigenvalue weighted by Gasteiger charge is -1.92. The summed E-state index contributed by atoms with van der Waals surface area (Å²) >= 11 is 1.43. The van der Waals surface area contributed by atoms with E-state index in [-0.39, 0.29) is 0 Å². The van der Waals surface area contributed by atoms with Gasteiger partial charge >= 0.3 is 5.97 Å². The van der Waals surface area contributed by atoms with E-state index in [9.17, 15) is 4.79 Å². The van der Waals surface area contributed by atoms with Crippen molar-refractivity contribution in [1.82, 2.24) is 9.97 Å². The SMILES string of the molecule is O=C(O)/C=C/c1ncc(-c2cccnc2)s1. The van der Waals surface area contributed by atoms with Crippen molar-refractivity contribution in [2.75, 3.05) is 0 Å². The molecule has 80 valence electrons. The van der Waals surface area contributed by atoms with Gasteiger partial charge in [0.2, 0.25) is 0 Å². The Balaban J connectivity index is 2.23. The van der Waals surface area contributed by atoms with Crippen molar-refractivity contribution >= 4 is 23.4 Å². The second-order valence-electron chi connectivity index (χ2n) is 2.98. The average molecular weight is 232 g/mol. The lowest BCUT2D eigenvalue weighted by molar-refractivity contribution is -0.131. The molecule has 0 amide bonds. The van der Waals surface area contributed by atoms with Gasteiger partial charge in [-0.1, -0.05) is 6.07 Å². The Morgan fingerprint density at radius 3 is 3.00 bits per heavy atom. The fraction of sp³-hybridized carbons (Fsp3) is 0. The van der Waals surface area contributed by atoms with E-state index in [1.165, 1.54) is 17.4 Å². The van der Waals surface area contributed by atoms with Crippen LogP contribution in [0.25, 0.3) is 16.5 Å². The number of aliphatic carboxylic acids is 1. The predicted octanol–water partition coefficient (Wildman–Crippen LogP) is 2.30. The molecule has 0 aliphatic heterocycles. The van der Waals surface area contributed by atoms with Crippen LogP contribution in [0.2, 0.25) is 0 Å². The summed E-state index contributed by atoms with van der Waals surface area (Å²) in [6.07, 6.45) is 7.72. The molecule has 0 spiro atoms. The Labute approximate surface area is 95.9 Å². The van der Waals surface area contributed by atoms with Crippen molar-refractivity contribution in [2.45, 2.75) is 0 Å². The highest BCUT2D eigenvalue weighted by Gasteiger charge is 2.02. The molecule has 16 heavy (non-hydrogen) atoms. The molecule has 0 fully saturated rings. The molecule has 2 heterocycles. The Bertz CT molecular complexity index is 520. The van der Waals surface area contributed by atoms with Crippen LogP contribution in [0.15, 0.2) is 36.8 Å². The van der Waals surface area contributed by atoms with Crippen LogP contribution in [0.1, 0.15) is 5.01 Å². The Morgan fingerprint density at radius 1 is 1.44 bits per heavy atom. The van der Waals surface area contributed by atoms with Crippen molar-refractivity contribution in [3.05, 3.63) is 41.8 Å². The minimum absolute atomic E-state index is 0.668. The first-order chi connectivity index (χ1) is 7.75. The zero-order valence-electron chi connectivity index (χ0n) is 8.20. The highest BCUT2D eigenvalue weighted by atomic mass is 32.1. The van der Waals surface area contributed by atoms with Crippen molar-refractivity contribution in [3.8, 4) is 10.4 Å². The van der Waals surface area contributed by atoms with Crippen molar-refractivity contribution in [1.29, 1.82) is 0 Å². The topological polar surface area (TPSA) is 63.1 Å². The van der Waals surface area contributed by atoms with Crippen LogP contribution < -0.4 is 0 Å². The van der Waals surface area contributed by atoms with E-state index in [4.69, 9.17) is 5.11 Å². The zero-order valence-corrected chi connectivity index (χ0v) is 9.02. The fourth-order valence-corrected chi connectivity index (χ4v) is 1.96. The maximum absolute atomic E-state index is 10.3. The molecule has 0 aliphatic rings. The largest absolute Gasteiger partial charge is 0.478 e. The minimum atomic E-state index is -0.974. The minimum Gasteiger partial charge on any atom is -0.478 e. The van der Waals surface area contributed by atoms with Gasteiger partial charge < -0.3 is 5.11 Å². The van der Waals surface area contributed by atoms with Gasteiger partial charge in [0, 0.05) is 30.2 Å². The smallest absolute Gasteiger partial charge is 0.328 e. The molecule has 0 bridgehead atoms. The molecule has 4 nitrogen and oxygen atoms in total. The van der Waals surface area contributed by atoms with Gasteiger partial charge in [0.15, 0.2) is 0 Å². The maximum atomic E-state index is 10.3. The number of carboxylic acid groups (broad SMARTS) is 1. The number of nitrogens with zero attached hydrogens (tertiary/aromatic N) is 2. The third-order valence-corrected chi connectivity index (χ3v) is 2.85. The summed E-state index contributed by atoms with van der Waals surface area (Å²) < 4.78 is 0. The number of thiazole rings is 1. The molecular formula is C11H8N2O2S. The van der Waals surface area contributed by atoms with Crippen molar-refractivity contribution in [2.24, 2.45) is 0 Å². The van der Waals surface area contributed by atoms with Gasteiger partial charge in [0.25, 0.3) is 0 Å². The van der Waals surface area contributed by atoms with E-state index in [1.807, 2.05) is 12.1 Å². The second-order valence-corrected chi connectivity index (χ2v) is 4.04. The zero-order chi connectivity index (χ0) is 11.4. The van der Waals surface area contributed by atoms with Crippen LogP contribution >= 0.6 is 11.3 Å². The Kier molecular flexibility index (Phi) is 3.07. The summed E-state index contributed by atoms with van der Waals surface area (Å²) in [5.41, 5.74) is 0.981. The number of hydrogen-bond acceptors (Lipinski definition) is 4. The van der Waals surface area contributed by atoms with Gasteiger partial charge in [-0.2, -0.15) is 0 Å². The van der Waals surface area contributed by atoms with E-state index < -0.39 is 5.97 Å². The van der Waals surface area contributed by atoms with Crippen LogP contribution in [0.4, 0.5) is 0 Å². The van der Waals surface area contributed by atoms with Crippen LogP contribution in [0.5, 0.6) is 0 Å². The van der Waals surface area contributed by atoms with Gasteiger partial charge in [-0.3, -0.25) is 4.98 Å². The average Bonchev–Trinajstić information content (AvgIpc) is 2.76. The molecule has 5 heteroatoms. The van der Waals surface area contributed by atoms with E-state index in [0.717, 1.165) is 16.5 Å². The van der Waals surface area contributed by atoms with Crippen molar-refractivity contribution in [3.63, 3.8) is 0 Å². The van der Waals surface area contributed by atoms with Gasteiger partial charge in [-0.05, 0) is 12.1 Å². The van der Waals surface area contributed by atoms with E-state index >= 15 is 0 Å². The number of aromatic nitrogens is 2. The van der Waals surface area contributed by atoms with Crippen LogP contribution in [-0.4, -0.2) is 21.0 Å². The quantitative estimate of drug-likeness (QED) is 0.825. The molecular weight excluding hydrogens is 224 g/mol. The van der Waals surface area contributed by atoms with Gasteiger partial charge in [-0.25, -0.2) is 9.78 Å². The highest BCUT2D eigenvalue weighted by Crippen LogP contribution is 2.25. The standard InChI is InChI=1S/C11H8N2O2S/c14-11(15)4-3-10-13-7-9(16-10)8-2-1-5-12-6-8/h1-7H,(H,14,15)/b4-3+. The molecule has 0 unspecified atom stereocenters. The normalized spacial score (nSPS) is 10.8. The predicted molar refractivity (Wildman–Crippen MR) is 62.0 cm³/mol. The summed E-state index contributed by atoms with van der Waals surface area (Å²) in [7, 11) is 0. The van der Waals surface area contributed by atoms with Crippen LogP contribution in [0.3, 0.4) is 0 Å². The fourth-order valence-electron chi connectivity index (χ4n) is 1.15. The first-order valence-electron chi connectivity index (χ1n) is 4.53. The lowest BCUT2D eigenvalue weighted by atomic mass is 10.3. The first kappa shape index (κ1) is 10.5. The molecule has 0 atom stereocenters. The summed E-state index contributed by atoms with van der Waals surface area (Å²) in [4.78, 5) is 19.4. The van der Waals surface area contributed by atoms with Crippen LogP contribution in [0, 0.1) is 0 Å². The maximum Gasteiger partial charge on any atom is 0.328 e. The number of carbonyl (C=O) groups is 1. The second kappa shape index (κ2) is 4.67. The van der Waals surface area contributed by atoms with Crippen molar-refractivity contribution < 1.29 is 9.90 Å². The monoisotopic (exact) mass is 232 g/mol. The van der Waals surface area contributed by atoms with E-state index in [1.54, 1.807) is 18.6 Å². The van der Waals surface area contributed by atoms with Crippen LogP contribution in [-0.2, 0) is 4.79 Å². The summed E-state index contributed by atoms with van der Waals surface area (Å²) in [5.74, 6) is -0.974. The summed E-state index contributed by atoms with van der Waals surface area (Å²) in [6.45, 7) is 0. The first-order valence-corrected chi connectivity index (χ1v) is 5.34. The molecule has 2 aromatic rings. The highest BCUT2D eigenvalue weighted by molar-refractivity contribution is 7.15. The third-order valence-electron chi connectivity index (χ3n) is 1.84. The summed E-state index contributed by atoms with van der Waals surface area (Å²) in [5, 5.41) is 9.15. The molecule has 0 saturated heterocycles. The summed E-state index contributed by atoms with van der Waals surface area (Å²) in [6, 6.07) is 3.78. The molecule has 0 radical (unpaired) electrons. The third kappa shape index (κ3) is 2.52. The number of pyridine rings is 1. The van der Waals surface area contributed by atoms with E-state index in [2.05, 4.69) is 9.97 Å².